The number of carboxylic acids is 1. The van der Waals surface area contributed by atoms with Gasteiger partial charge in [0.05, 0.1) is 6.04 Å². The van der Waals surface area contributed by atoms with Crippen LogP contribution in [-0.2, 0) is 9.59 Å². The normalized spacial score (nSPS) is 14.9. The summed E-state index contributed by atoms with van der Waals surface area (Å²) in [5.74, 6) is -1.40. The van der Waals surface area contributed by atoms with Crippen LogP contribution < -0.4 is 11.1 Å². The molecule has 0 aliphatic rings. The number of thiol groups is 1. The fourth-order valence-electron chi connectivity index (χ4n) is 0.465. The highest BCUT2D eigenvalue weighted by molar-refractivity contribution is 7.80. The average molecular weight is 192 g/mol. The standard InChI is InChI=1S/C6H12N2O3S/c1-3(6(10)11)8-5(9)4(7)2-12/h3-4,12H,2,7H2,1H3,(H,8,9)(H,10,11)/t3-,4+/m0/s1. The van der Waals surface area contributed by atoms with Gasteiger partial charge < -0.3 is 16.2 Å². The molecule has 0 aromatic heterocycles. The van der Waals surface area contributed by atoms with E-state index in [9.17, 15) is 9.59 Å². The third-order valence-electron chi connectivity index (χ3n) is 1.26. The van der Waals surface area contributed by atoms with Gasteiger partial charge in [-0.3, -0.25) is 9.59 Å². The monoisotopic (exact) mass is 192 g/mol. The topological polar surface area (TPSA) is 92.4 Å². The Morgan fingerprint density at radius 1 is 1.67 bits per heavy atom. The minimum atomic E-state index is -1.09. The highest BCUT2D eigenvalue weighted by Crippen LogP contribution is 1.86. The van der Waals surface area contributed by atoms with E-state index in [0.717, 1.165) is 0 Å². The molecule has 1 amide bonds. The second-order valence-electron chi connectivity index (χ2n) is 2.36. The number of nitrogens with one attached hydrogen (secondary N) is 1. The van der Waals surface area contributed by atoms with Crippen molar-refractivity contribution in [2.45, 2.75) is 19.0 Å². The Balaban J connectivity index is 3.92. The van der Waals surface area contributed by atoms with Crippen LogP contribution >= 0.6 is 12.6 Å². The summed E-state index contributed by atoms with van der Waals surface area (Å²) in [5, 5.41) is 10.6. The van der Waals surface area contributed by atoms with Crippen LogP contribution in [0.4, 0.5) is 0 Å². The molecule has 4 N–H and O–H groups in total. The van der Waals surface area contributed by atoms with E-state index in [4.69, 9.17) is 10.8 Å². The van der Waals surface area contributed by atoms with Crippen LogP contribution in [0.5, 0.6) is 0 Å². The first-order valence-electron chi connectivity index (χ1n) is 3.38. The van der Waals surface area contributed by atoms with Crippen LogP contribution in [0.2, 0.25) is 0 Å². The summed E-state index contributed by atoms with van der Waals surface area (Å²) in [6.07, 6.45) is 0. The van der Waals surface area contributed by atoms with Gasteiger partial charge in [-0.2, -0.15) is 12.6 Å². The third kappa shape index (κ3) is 3.59. The first-order chi connectivity index (χ1) is 5.49. The molecule has 0 heterocycles. The maximum Gasteiger partial charge on any atom is 0.325 e. The van der Waals surface area contributed by atoms with Crippen molar-refractivity contribution in [3.63, 3.8) is 0 Å². The van der Waals surface area contributed by atoms with Crippen LogP contribution in [0.15, 0.2) is 0 Å². The van der Waals surface area contributed by atoms with Crippen molar-refractivity contribution >= 4 is 24.5 Å². The number of carbonyl (C=O) groups is 2. The van der Waals surface area contributed by atoms with Crippen molar-refractivity contribution < 1.29 is 14.7 Å². The highest BCUT2D eigenvalue weighted by Gasteiger charge is 2.17. The second-order valence-corrected chi connectivity index (χ2v) is 2.72. The quantitative estimate of drug-likeness (QED) is 0.422. The lowest BCUT2D eigenvalue weighted by Gasteiger charge is -2.12. The number of nitrogens with two attached hydrogens (primary N) is 1. The van der Waals surface area contributed by atoms with E-state index in [2.05, 4.69) is 17.9 Å². The second kappa shape index (κ2) is 5.00. The van der Waals surface area contributed by atoms with Crippen molar-refractivity contribution in [3.05, 3.63) is 0 Å². The molecule has 12 heavy (non-hydrogen) atoms. The summed E-state index contributed by atoms with van der Waals surface area (Å²) in [6.45, 7) is 1.37. The summed E-state index contributed by atoms with van der Waals surface area (Å²) >= 11 is 3.80. The Kier molecular flexibility index (Phi) is 4.68. The van der Waals surface area contributed by atoms with Gasteiger partial charge in [-0.15, -0.1) is 0 Å². The van der Waals surface area contributed by atoms with Crippen LogP contribution in [0, 0.1) is 0 Å². The molecule has 0 bridgehead atoms. The lowest BCUT2D eigenvalue weighted by molar-refractivity contribution is -0.141. The Morgan fingerprint density at radius 2 is 2.17 bits per heavy atom. The van der Waals surface area contributed by atoms with Gasteiger partial charge in [-0.05, 0) is 6.92 Å². The number of carboxylic acid groups (broad SMARTS) is 1. The molecule has 0 aliphatic heterocycles. The van der Waals surface area contributed by atoms with E-state index in [1.54, 1.807) is 0 Å². The van der Waals surface area contributed by atoms with Crippen molar-refractivity contribution in [2.24, 2.45) is 5.73 Å². The first-order valence-corrected chi connectivity index (χ1v) is 4.02. The molecule has 0 aromatic carbocycles. The zero-order valence-electron chi connectivity index (χ0n) is 6.65. The predicted molar refractivity (Wildman–Crippen MR) is 47.1 cm³/mol. The van der Waals surface area contributed by atoms with E-state index in [-0.39, 0.29) is 5.75 Å². The molecule has 0 saturated carbocycles. The molecular formula is C6H12N2O3S. The van der Waals surface area contributed by atoms with E-state index in [1.165, 1.54) is 6.92 Å². The van der Waals surface area contributed by atoms with Crippen LogP contribution in [-0.4, -0.2) is 34.8 Å². The molecule has 0 spiro atoms. The minimum absolute atomic E-state index is 0.193. The molecule has 0 saturated heterocycles. The minimum Gasteiger partial charge on any atom is -0.480 e. The zero-order chi connectivity index (χ0) is 9.72. The van der Waals surface area contributed by atoms with Gasteiger partial charge in [-0.1, -0.05) is 0 Å². The number of carbonyl (C=O) groups excluding carboxylic acids is 1. The maximum absolute atomic E-state index is 10.9. The fourth-order valence-corrected chi connectivity index (χ4v) is 0.631. The number of amides is 1. The lowest BCUT2D eigenvalue weighted by Crippen LogP contribution is -2.47. The van der Waals surface area contributed by atoms with E-state index in [0.29, 0.717) is 0 Å². The molecule has 0 unspecified atom stereocenters. The predicted octanol–water partition coefficient (Wildman–Crippen LogP) is -1.17. The molecule has 0 fully saturated rings. The molecule has 2 atom stereocenters. The first kappa shape index (κ1) is 11.2. The number of aliphatic carboxylic acids is 1. The van der Waals surface area contributed by atoms with Crippen molar-refractivity contribution in [3.8, 4) is 0 Å². The summed E-state index contributed by atoms with van der Waals surface area (Å²) in [4.78, 5) is 21.2. The lowest BCUT2D eigenvalue weighted by atomic mass is 10.3. The van der Waals surface area contributed by atoms with Gasteiger partial charge in [0.1, 0.15) is 6.04 Å². The zero-order valence-corrected chi connectivity index (χ0v) is 7.54. The molecule has 0 aliphatic carbocycles. The third-order valence-corrected chi connectivity index (χ3v) is 1.66. The molecular weight excluding hydrogens is 180 g/mol. The van der Waals surface area contributed by atoms with Crippen LogP contribution in [0.1, 0.15) is 6.92 Å². The summed E-state index contributed by atoms with van der Waals surface area (Å²) < 4.78 is 0. The van der Waals surface area contributed by atoms with E-state index in [1.807, 2.05) is 0 Å². The Hall–Kier alpha value is -0.750. The van der Waals surface area contributed by atoms with E-state index >= 15 is 0 Å². The largest absolute Gasteiger partial charge is 0.480 e. The molecule has 70 valence electrons. The molecule has 0 radical (unpaired) electrons. The SMILES string of the molecule is C[C@H](NC(=O)[C@H](N)CS)C(=O)O. The van der Waals surface area contributed by atoms with Crippen molar-refractivity contribution in [1.82, 2.24) is 5.32 Å². The maximum atomic E-state index is 10.9. The average Bonchev–Trinajstić information content (AvgIpc) is 2.02. The van der Waals surface area contributed by atoms with Gasteiger partial charge in [0, 0.05) is 5.75 Å². The molecule has 5 nitrogen and oxygen atoms in total. The van der Waals surface area contributed by atoms with Crippen LogP contribution in [0.3, 0.4) is 0 Å². The molecule has 6 heteroatoms. The summed E-state index contributed by atoms with van der Waals surface area (Å²) in [7, 11) is 0. The van der Waals surface area contributed by atoms with Gasteiger partial charge in [-0.25, -0.2) is 0 Å². The van der Waals surface area contributed by atoms with E-state index < -0.39 is 24.0 Å². The van der Waals surface area contributed by atoms with Crippen LogP contribution in [0.25, 0.3) is 0 Å². The number of hydrogen-bond donors (Lipinski definition) is 4. The highest BCUT2D eigenvalue weighted by atomic mass is 32.1. The van der Waals surface area contributed by atoms with Crippen molar-refractivity contribution in [2.75, 3.05) is 5.75 Å². The fraction of sp³-hybridized carbons (Fsp3) is 0.667. The van der Waals surface area contributed by atoms with Gasteiger partial charge in [0.15, 0.2) is 0 Å². The summed E-state index contributed by atoms with van der Waals surface area (Å²) in [5.41, 5.74) is 5.28. The molecule has 0 aromatic rings. The summed E-state index contributed by atoms with van der Waals surface area (Å²) in [6, 6.07) is -1.67. The van der Waals surface area contributed by atoms with Crippen molar-refractivity contribution in [1.29, 1.82) is 0 Å². The Morgan fingerprint density at radius 3 is 2.50 bits per heavy atom. The van der Waals surface area contributed by atoms with Gasteiger partial charge >= 0.3 is 5.97 Å². The number of hydrogen-bond acceptors (Lipinski definition) is 4. The molecule has 0 rings (SSSR count). The van der Waals surface area contributed by atoms with Gasteiger partial charge in [0.25, 0.3) is 0 Å². The van der Waals surface area contributed by atoms with Gasteiger partial charge in [0.2, 0.25) is 5.91 Å². The number of rotatable bonds is 4. The Labute approximate surface area is 75.7 Å². The Bertz CT molecular complexity index is 186. The smallest absolute Gasteiger partial charge is 0.325 e.